The number of thiophene rings is 1. The van der Waals surface area contributed by atoms with Gasteiger partial charge in [-0.15, -0.1) is 11.3 Å². The van der Waals surface area contributed by atoms with Crippen LogP contribution in [-0.4, -0.2) is 26.6 Å². The lowest BCUT2D eigenvalue weighted by Gasteiger charge is -2.10. The Morgan fingerprint density at radius 2 is 1.80 bits per heavy atom. The lowest BCUT2D eigenvalue weighted by atomic mass is 10.1. The normalized spacial score (nSPS) is 11.0. The highest BCUT2D eigenvalue weighted by Crippen LogP contribution is 2.35. The molecule has 10 heteroatoms. The first-order valence-electron chi connectivity index (χ1n) is 8.72. The van der Waals surface area contributed by atoms with E-state index in [9.17, 15) is 13.2 Å². The predicted molar refractivity (Wildman–Crippen MR) is 122 cm³/mol. The molecule has 30 heavy (non-hydrogen) atoms. The molecule has 156 valence electrons. The molecule has 0 aliphatic carbocycles. The summed E-state index contributed by atoms with van der Waals surface area (Å²) in [4.78, 5) is 13.1. The maximum absolute atomic E-state index is 12.2. The second-order valence-electron chi connectivity index (χ2n) is 6.21. The van der Waals surface area contributed by atoms with Gasteiger partial charge < -0.3 is 15.4 Å². The number of ether oxygens (including phenoxy) is 1. The van der Waals surface area contributed by atoms with Crippen molar-refractivity contribution < 1.29 is 17.9 Å². The van der Waals surface area contributed by atoms with E-state index in [1.165, 1.54) is 30.6 Å². The monoisotopic (exact) mass is 461 g/mol. The molecule has 3 rings (SSSR count). The van der Waals surface area contributed by atoms with E-state index in [1.807, 2.05) is 30.3 Å². The molecule has 7 nitrogen and oxygen atoms in total. The number of esters is 1. The van der Waals surface area contributed by atoms with Gasteiger partial charge in [-0.3, -0.25) is 0 Å². The SMILES string of the molecule is COC(=O)c1cc(-c2ccccc2)sc1NC(=S)NCc1ccc(S(N)(=O)=O)cc1. The minimum Gasteiger partial charge on any atom is -0.465 e. The first kappa shape index (κ1) is 21.9. The van der Waals surface area contributed by atoms with E-state index in [2.05, 4.69) is 10.6 Å². The third-order valence-electron chi connectivity index (χ3n) is 4.13. The highest BCUT2D eigenvalue weighted by atomic mass is 32.2. The Morgan fingerprint density at radius 1 is 1.13 bits per heavy atom. The number of hydrogen-bond donors (Lipinski definition) is 3. The van der Waals surface area contributed by atoms with E-state index < -0.39 is 16.0 Å². The van der Waals surface area contributed by atoms with Gasteiger partial charge in [0, 0.05) is 11.4 Å². The van der Waals surface area contributed by atoms with Crippen LogP contribution in [0.25, 0.3) is 10.4 Å². The van der Waals surface area contributed by atoms with Crippen molar-refractivity contribution in [1.82, 2.24) is 5.32 Å². The quantitative estimate of drug-likeness (QED) is 0.381. The summed E-state index contributed by atoms with van der Waals surface area (Å²) in [6.45, 7) is 0.362. The van der Waals surface area contributed by atoms with E-state index in [0.29, 0.717) is 22.2 Å². The van der Waals surface area contributed by atoms with Gasteiger partial charge in [-0.1, -0.05) is 42.5 Å². The summed E-state index contributed by atoms with van der Waals surface area (Å²) in [6, 6.07) is 17.6. The summed E-state index contributed by atoms with van der Waals surface area (Å²) < 4.78 is 27.5. The summed E-state index contributed by atoms with van der Waals surface area (Å²) in [5, 5.41) is 12.1. The van der Waals surface area contributed by atoms with Gasteiger partial charge in [-0.25, -0.2) is 18.4 Å². The molecule has 0 saturated carbocycles. The average molecular weight is 462 g/mol. The molecule has 2 aromatic carbocycles. The number of carbonyl (C=O) groups excluding carboxylic acids is 1. The van der Waals surface area contributed by atoms with Crippen LogP contribution in [0, 0.1) is 0 Å². The van der Waals surface area contributed by atoms with Crippen LogP contribution in [0.4, 0.5) is 5.00 Å². The van der Waals surface area contributed by atoms with Gasteiger partial charge in [-0.05, 0) is 41.5 Å². The second kappa shape index (κ2) is 9.35. The fraction of sp³-hybridized carbons (Fsp3) is 0.100. The molecule has 0 unspecified atom stereocenters. The molecule has 0 radical (unpaired) electrons. The van der Waals surface area contributed by atoms with Crippen LogP contribution in [-0.2, 0) is 21.3 Å². The van der Waals surface area contributed by atoms with Crippen LogP contribution in [0.5, 0.6) is 0 Å². The van der Waals surface area contributed by atoms with Gasteiger partial charge in [0.1, 0.15) is 5.00 Å². The summed E-state index contributed by atoms with van der Waals surface area (Å²) in [5.74, 6) is -0.461. The number of carbonyl (C=O) groups is 1. The fourth-order valence-corrected chi connectivity index (χ4v) is 4.43. The Hall–Kier alpha value is -2.79. The molecular formula is C20H19N3O4S3. The molecule has 1 heterocycles. The number of sulfonamides is 1. The fourth-order valence-electron chi connectivity index (χ4n) is 2.62. The minimum atomic E-state index is -3.73. The van der Waals surface area contributed by atoms with E-state index in [4.69, 9.17) is 22.1 Å². The zero-order chi connectivity index (χ0) is 21.7. The van der Waals surface area contributed by atoms with Crippen LogP contribution < -0.4 is 15.8 Å². The third-order valence-corrected chi connectivity index (χ3v) is 6.40. The topological polar surface area (TPSA) is 111 Å². The maximum atomic E-state index is 12.2. The largest absolute Gasteiger partial charge is 0.465 e. The van der Waals surface area contributed by atoms with Gasteiger partial charge >= 0.3 is 5.97 Å². The van der Waals surface area contributed by atoms with Crippen molar-refractivity contribution in [3.8, 4) is 10.4 Å². The van der Waals surface area contributed by atoms with Crippen LogP contribution >= 0.6 is 23.6 Å². The molecule has 3 aromatic rings. The maximum Gasteiger partial charge on any atom is 0.340 e. The number of primary sulfonamides is 1. The first-order chi connectivity index (χ1) is 14.3. The average Bonchev–Trinajstić information content (AvgIpc) is 3.15. The van der Waals surface area contributed by atoms with Crippen molar-refractivity contribution in [3.63, 3.8) is 0 Å². The van der Waals surface area contributed by atoms with Gasteiger partial charge in [0.25, 0.3) is 0 Å². The molecule has 0 amide bonds. The highest BCUT2D eigenvalue weighted by molar-refractivity contribution is 7.89. The lowest BCUT2D eigenvalue weighted by molar-refractivity contribution is 0.0602. The standard InChI is InChI=1S/C20H19N3O4S3/c1-27-19(24)16-11-17(14-5-3-2-4-6-14)29-18(16)23-20(28)22-12-13-7-9-15(10-8-13)30(21,25)26/h2-11H,12H2,1H3,(H2,21,25,26)(H2,22,23,28). The molecule has 4 N–H and O–H groups in total. The lowest BCUT2D eigenvalue weighted by Crippen LogP contribution is -2.28. The number of nitrogens with two attached hydrogens (primary N) is 1. The smallest absolute Gasteiger partial charge is 0.340 e. The second-order valence-corrected chi connectivity index (χ2v) is 9.23. The molecule has 0 bridgehead atoms. The molecule has 0 aliphatic heterocycles. The number of anilines is 1. The molecule has 0 atom stereocenters. The number of nitrogens with one attached hydrogen (secondary N) is 2. The molecule has 0 aliphatic rings. The van der Waals surface area contributed by atoms with Crippen molar-refractivity contribution in [2.75, 3.05) is 12.4 Å². The summed E-state index contributed by atoms with van der Waals surface area (Å²) in [6.07, 6.45) is 0. The van der Waals surface area contributed by atoms with Gasteiger partial charge in [0.15, 0.2) is 5.11 Å². The van der Waals surface area contributed by atoms with Crippen molar-refractivity contribution in [2.24, 2.45) is 5.14 Å². The third kappa shape index (κ3) is 5.42. The van der Waals surface area contributed by atoms with Gasteiger partial charge in [-0.2, -0.15) is 0 Å². The zero-order valence-corrected chi connectivity index (χ0v) is 18.4. The summed E-state index contributed by atoms with van der Waals surface area (Å²) in [5.41, 5.74) is 2.19. The first-order valence-corrected chi connectivity index (χ1v) is 11.5. The highest BCUT2D eigenvalue weighted by Gasteiger charge is 2.18. The van der Waals surface area contributed by atoms with Crippen LogP contribution in [0.2, 0.25) is 0 Å². The number of hydrogen-bond acceptors (Lipinski definition) is 6. The number of benzene rings is 2. The molecule has 0 fully saturated rings. The predicted octanol–water partition coefficient (Wildman–Crippen LogP) is 3.34. The Kier molecular flexibility index (Phi) is 6.83. The number of methoxy groups -OCH3 is 1. The molecule has 1 aromatic heterocycles. The molecule has 0 spiro atoms. The van der Waals surface area contributed by atoms with Crippen molar-refractivity contribution in [1.29, 1.82) is 0 Å². The van der Waals surface area contributed by atoms with Gasteiger partial charge in [0.05, 0.1) is 17.6 Å². The summed E-state index contributed by atoms with van der Waals surface area (Å²) >= 11 is 6.74. The van der Waals surface area contributed by atoms with E-state index in [0.717, 1.165) is 16.0 Å². The van der Waals surface area contributed by atoms with E-state index in [1.54, 1.807) is 18.2 Å². The minimum absolute atomic E-state index is 0.0432. The van der Waals surface area contributed by atoms with Crippen molar-refractivity contribution in [2.45, 2.75) is 11.4 Å². The van der Waals surface area contributed by atoms with E-state index >= 15 is 0 Å². The summed E-state index contributed by atoms with van der Waals surface area (Å²) in [7, 11) is -2.40. The van der Waals surface area contributed by atoms with Crippen molar-refractivity contribution >= 4 is 49.7 Å². The van der Waals surface area contributed by atoms with Crippen LogP contribution in [0.15, 0.2) is 65.6 Å². The Labute approximate surface area is 183 Å². The van der Waals surface area contributed by atoms with Crippen LogP contribution in [0.1, 0.15) is 15.9 Å². The Morgan fingerprint density at radius 3 is 2.40 bits per heavy atom. The number of rotatable bonds is 6. The molecule has 0 saturated heterocycles. The Balaban J connectivity index is 1.71. The zero-order valence-electron chi connectivity index (χ0n) is 15.9. The van der Waals surface area contributed by atoms with E-state index in [-0.39, 0.29) is 4.90 Å². The number of thiocarbonyl (C=S) groups is 1. The molecular weight excluding hydrogens is 442 g/mol. The van der Waals surface area contributed by atoms with Crippen molar-refractivity contribution in [3.05, 3.63) is 71.8 Å². The van der Waals surface area contributed by atoms with Gasteiger partial charge in [0.2, 0.25) is 10.0 Å². The Bertz CT molecular complexity index is 1160. The van der Waals surface area contributed by atoms with Crippen LogP contribution in [0.3, 0.4) is 0 Å².